The molecule has 1 aliphatic carbocycles. The van der Waals surface area contributed by atoms with Crippen molar-refractivity contribution < 1.29 is 0 Å². The smallest absolute Gasteiger partial charge is 0.191 e. The number of hydrogen-bond donors (Lipinski definition) is 2. The number of halogens is 1. The molecule has 4 aliphatic rings. The molecular weight excluding hydrogens is 431 g/mol. The van der Waals surface area contributed by atoms with Gasteiger partial charge in [-0.25, -0.2) is 4.99 Å². The Hall–Kier alpha value is -0.940. The second-order valence-electron chi connectivity index (χ2n) is 7.18. The molecule has 3 aliphatic heterocycles. The average molecular weight is 460 g/mol. The van der Waals surface area contributed by atoms with Crippen LogP contribution in [0, 0.1) is 6.92 Å². The molecule has 1 atom stereocenters. The summed E-state index contributed by atoms with van der Waals surface area (Å²) in [5.74, 6) is 2.73. The van der Waals surface area contributed by atoms with E-state index in [-0.39, 0.29) is 24.0 Å². The van der Waals surface area contributed by atoms with E-state index in [4.69, 9.17) is 4.99 Å². The van der Waals surface area contributed by atoms with Crippen molar-refractivity contribution in [2.24, 2.45) is 12.0 Å². The number of fused-ring (bicyclic) bond motifs is 3. The normalized spacial score (nSPS) is 28.6. The van der Waals surface area contributed by atoms with Crippen LogP contribution in [0.2, 0.25) is 0 Å². The number of rotatable bonds is 5. The summed E-state index contributed by atoms with van der Waals surface area (Å²) in [7, 11) is 1.99. The zero-order valence-electron chi connectivity index (χ0n) is 15.1. The Morgan fingerprint density at radius 3 is 2.52 bits per heavy atom. The van der Waals surface area contributed by atoms with Gasteiger partial charge in [0.15, 0.2) is 11.8 Å². The van der Waals surface area contributed by atoms with Crippen LogP contribution in [0.4, 0.5) is 0 Å². The number of nitrogens with one attached hydrogen (secondary N) is 2. The maximum absolute atomic E-state index is 4.73. The third-order valence-electron chi connectivity index (χ3n) is 5.38. The fourth-order valence-electron chi connectivity index (χ4n) is 3.44. The van der Waals surface area contributed by atoms with Crippen LogP contribution in [0.15, 0.2) is 4.99 Å². The predicted octanol–water partition coefficient (Wildman–Crippen LogP) is -0.0611. The Bertz CT molecular complexity index is 603. The predicted molar refractivity (Wildman–Crippen MR) is 108 cm³/mol. The number of hydrogen-bond acceptors (Lipinski definition) is 5. The highest BCUT2D eigenvalue weighted by atomic mass is 127. The molecule has 5 rings (SSSR count). The fourth-order valence-corrected chi connectivity index (χ4v) is 3.44. The van der Waals surface area contributed by atoms with Gasteiger partial charge in [-0.3, -0.25) is 9.80 Å². The van der Waals surface area contributed by atoms with Crippen LogP contribution in [0.3, 0.4) is 0 Å². The number of aromatic nitrogens is 3. The van der Waals surface area contributed by atoms with Crippen molar-refractivity contribution >= 4 is 29.9 Å². The number of guanidine groups is 1. The Morgan fingerprint density at radius 2 is 1.96 bits per heavy atom. The van der Waals surface area contributed by atoms with Gasteiger partial charge < -0.3 is 15.2 Å². The van der Waals surface area contributed by atoms with Crippen molar-refractivity contribution in [3.63, 3.8) is 0 Å². The zero-order valence-corrected chi connectivity index (χ0v) is 17.4. The molecule has 4 heterocycles. The summed E-state index contributed by atoms with van der Waals surface area (Å²) in [6.07, 6.45) is 2.49. The molecule has 2 N–H and O–H groups in total. The van der Waals surface area contributed by atoms with Crippen molar-refractivity contribution in [1.82, 2.24) is 35.2 Å². The zero-order chi connectivity index (χ0) is 16.5. The van der Waals surface area contributed by atoms with Gasteiger partial charge in [0.1, 0.15) is 12.4 Å². The van der Waals surface area contributed by atoms with Crippen LogP contribution in [-0.2, 0) is 13.6 Å². The molecule has 1 unspecified atom stereocenters. The van der Waals surface area contributed by atoms with Crippen LogP contribution in [0.25, 0.3) is 0 Å². The van der Waals surface area contributed by atoms with Crippen molar-refractivity contribution in [2.45, 2.75) is 38.4 Å². The lowest BCUT2D eigenvalue weighted by atomic mass is 10.1. The number of aryl methyl sites for hydroxylation is 1. The molecule has 0 radical (unpaired) electrons. The minimum Gasteiger partial charge on any atom is -0.355 e. The lowest BCUT2D eigenvalue weighted by Crippen LogP contribution is -2.63. The third kappa shape index (κ3) is 4.62. The molecule has 1 saturated carbocycles. The lowest BCUT2D eigenvalue weighted by molar-refractivity contribution is 0.0154. The van der Waals surface area contributed by atoms with E-state index in [1.165, 1.54) is 45.6 Å². The summed E-state index contributed by atoms with van der Waals surface area (Å²) in [6, 6.07) is 1.18. The van der Waals surface area contributed by atoms with Gasteiger partial charge in [0, 0.05) is 58.4 Å². The van der Waals surface area contributed by atoms with Gasteiger partial charge >= 0.3 is 0 Å². The third-order valence-corrected chi connectivity index (χ3v) is 5.38. The Morgan fingerprint density at radius 1 is 1.20 bits per heavy atom. The molecule has 0 aromatic carbocycles. The highest BCUT2D eigenvalue weighted by Gasteiger charge is 2.32. The van der Waals surface area contributed by atoms with E-state index in [9.17, 15) is 0 Å². The second-order valence-corrected chi connectivity index (χ2v) is 7.18. The number of piperazine rings is 3. The first-order chi connectivity index (χ1) is 11.7. The molecule has 1 aromatic heterocycles. The van der Waals surface area contributed by atoms with Crippen LogP contribution in [0.1, 0.15) is 24.5 Å². The van der Waals surface area contributed by atoms with E-state index in [0.29, 0.717) is 18.6 Å². The highest BCUT2D eigenvalue weighted by Crippen LogP contribution is 2.18. The standard InChI is InChI=1S/C16H28N8.HI/c1-12-20-21-15(22(12)2)10-18-16(19-13-3-4-13)17-9-14-11-23-5-7-24(14)8-6-23;/h13-14H,3-11H2,1-2H3,(H2,17,18,19);1H. The highest BCUT2D eigenvalue weighted by molar-refractivity contribution is 14.0. The topological polar surface area (TPSA) is 73.6 Å². The van der Waals surface area contributed by atoms with Gasteiger partial charge in [0.2, 0.25) is 0 Å². The van der Waals surface area contributed by atoms with Crippen molar-refractivity contribution in [3.05, 3.63) is 11.6 Å². The second kappa shape index (κ2) is 8.17. The molecule has 0 spiro atoms. The molecule has 2 bridgehead atoms. The van der Waals surface area contributed by atoms with E-state index in [2.05, 4.69) is 30.6 Å². The van der Waals surface area contributed by atoms with E-state index in [1.54, 1.807) is 0 Å². The van der Waals surface area contributed by atoms with Crippen LogP contribution < -0.4 is 10.6 Å². The summed E-state index contributed by atoms with van der Waals surface area (Å²) in [5, 5.41) is 15.4. The van der Waals surface area contributed by atoms with E-state index < -0.39 is 0 Å². The van der Waals surface area contributed by atoms with Gasteiger partial charge in [-0.05, 0) is 19.8 Å². The molecule has 25 heavy (non-hydrogen) atoms. The maximum atomic E-state index is 4.73. The van der Waals surface area contributed by atoms with E-state index in [1.807, 2.05) is 18.5 Å². The SMILES string of the molecule is Cc1nnc(CN=C(NCC2CN3CCN2CC3)NC2CC2)n1C.I. The van der Waals surface area contributed by atoms with Crippen molar-refractivity contribution in [1.29, 1.82) is 0 Å². The van der Waals surface area contributed by atoms with Gasteiger partial charge in [-0.1, -0.05) is 0 Å². The largest absolute Gasteiger partial charge is 0.355 e. The maximum Gasteiger partial charge on any atom is 0.191 e. The Labute approximate surface area is 166 Å². The molecule has 4 fully saturated rings. The average Bonchev–Trinajstić information content (AvgIpc) is 3.38. The van der Waals surface area contributed by atoms with Crippen LogP contribution in [-0.4, -0.2) is 81.9 Å². The summed E-state index contributed by atoms with van der Waals surface area (Å²) in [5.41, 5.74) is 0. The molecule has 140 valence electrons. The first-order valence-electron chi connectivity index (χ1n) is 9.05. The first-order valence-corrected chi connectivity index (χ1v) is 9.05. The Kier molecular flexibility index (Phi) is 6.16. The monoisotopic (exact) mass is 460 g/mol. The molecular formula is C16H29IN8. The van der Waals surface area contributed by atoms with Crippen molar-refractivity contribution in [3.8, 4) is 0 Å². The molecule has 8 nitrogen and oxygen atoms in total. The van der Waals surface area contributed by atoms with Crippen LogP contribution >= 0.6 is 24.0 Å². The summed E-state index contributed by atoms with van der Waals surface area (Å²) in [4.78, 5) is 9.91. The first kappa shape index (κ1) is 18.8. The van der Waals surface area contributed by atoms with E-state index >= 15 is 0 Å². The number of aliphatic imine (C=N–C) groups is 1. The van der Waals surface area contributed by atoms with Gasteiger partial charge in [0.05, 0.1) is 0 Å². The summed E-state index contributed by atoms with van der Waals surface area (Å²) in [6.45, 7) is 9.50. The lowest BCUT2D eigenvalue weighted by Gasteiger charge is -2.47. The van der Waals surface area contributed by atoms with Crippen LogP contribution in [0.5, 0.6) is 0 Å². The quantitative estimate of drug-likeness (QED) is 0.365. The Balaban J connectivity index is 0.00000182. The fraction of sp³-hybridized carbons (Fsp3) is 0.812. The molecule has 0 amide bonds. The van der Waals surface area contributed by atoms with E-state index in [0.717, 1.165) is 24.2 Å². The minimum atomic E-state index is 0. The molecule has 9 heteroatoms. The number of nitrogens with zero attached hydrogens (tertiary/aromatic N) is 6. The summed E-state index contributed by atoms with van der Waals surface area (Å²) < 4.78 is 2.00. The molecule has 1 aromatic rings. The van der Waals surface area contributed by atoms with Crippen molar-refractivity contribution in [2.75, 3.05) is 39.3 Å². The molecule has 3 saturated heterocycles. The van der Waals surface area contributed by atoms with Gasteiger partial charge in [-0.2, -0.15) is 0 Å². The minimum absolute atomic E-state index is 0. The summed E-state index contributed by atoms with van der Waals surface area (Å²) >= 11 is 0. The van der Waals surface area contributed by atoms with Gasteiger partial charge in [0.25, 0.3) is 0 Å². The van der Waals surface area contributed by atoms with Gasteiger partial charge in [-0.15, -0.1) is 34.2 Å².